The van der Waals surface area contributed by atoms with Gasteiger partial charge in [0.1, 0.15) is 0 Å². The average Bonchev–Trinajstić information content (AvgIpc) is 2.10. The third kappa shape index (κ3) is 4.84. The molecule has 0 aliphatic rings. The molecular weight excluding hydrogens is 240 g/mol. The summed E-state index contributed by atoms with van der Waals surface area (Å²) in [5, 5.41) is 6.95. The Morgan fingerprint density at radius 3 is 2.25 bits per heavy atom. The minimum absolute atomic E-state index is 0.0000463. The molecule has 0 bridgehead atoms. The van der Waals surface area contributed by atoms with Crippen LogP contribution in [0.2, 0.25) is 0 Å². The van der Waals surface area contributed by atoms with Crippen LogP contribution in [0.25, 0.3) is 0 Å². The van der Waals surface area contributed by atoms with E-state index in [1.807, 2.05) is 0 Å². The summed E-state index contributed by atoms with van der Waals surface area (Å²) in [6.07, 6.45) is -0.0430. The van der Waals surface area contributed by atoms with Gasteiger partial charge in [0.25, 0.3) is 10.0 Å². The average molecular weight is 257 g/mol. The normalized spacial score (nSPS) is 12.7. The summed E-state index contributed by atoms with van der Waals surface area (Å²) < 4.78 is 47.8. The molecule has 0 aromatic carbocycles. The Hall–Kier alpha value is -0.760. The van der Waals surface area contributed by atoms with Crippen molar-refractivity contribution in [3.05, 3.63) is 0 Å². The van der Waals surface area contributed by atoms with Crippen LogP contribution in [0.4, 0.5) is 8.78 Å². The second-order valence-electron chi connectivity index (χ2n) is 3.83. The van der Waals surface area contributed by atoms with Crippen molar-refractivity contribution in [1.82, 2.24) is 4.31 Å². The number of amidine groups is 1. The Bertz CT molecular complexity index is 330. The first kappa shape index (κ1) is 15.2. The molecule has 0 rings (SSSR count). The van der Waals surface area contributed by atoms with E-state index in [9.17, 15) is 17.2 Å². The van der Waals surface area contributed by atoms with Crippen LogP contribution in [0, 0.1) is 11.3 Å². The lowest BCUT2D eigenvalue weighted by molar-refractivity contribution is 0.216. The number of nitrogens with zero attached hydrogens (tertiary/aromatic N) is 1. The molecule has 0 fully saturated rings. The van der Waals surface area contributed by atoms with Crippen molar-refractivity contribution in [3.63, 3.8) is 0 Å². The number of hydrogen-bond donors (Lipinski definition) is 2. The van der Waals surface area contributed by atoms with Gasteiger partial charge in [-0.2, -0.15) is 13.1 Å². The number of nitrogens with one attached hydrogen (secondary N) is 1. The molecule has 0 aromatic heterocycles. The molecule has 0 atom stereocenters. The van der Waals surface area contributed by atoms with Gasteiger partial charge in [0.2, 0.25) is 0 Å². The summed E-state index contributed by atoms with van der Waals surface area (Å²) in [5.74, 6) is -3.73. The van der Waals surface area contributed by atoms with Gasteiger partial charge in [-0.05, 0) is 5.92 Å². The molecule has 0 saturated carbocycles. The van der Waals surface area contributed by atoms with E-state index in [1.165, 1.54) is 0 Å². The Morgan fingerprint density at radius 1 is 1.44 bits per heavy atom. The monoisotopic (exact) mass is 257 g/mol. The van der Waals surface area contributed by atoms with E-state index in [0.29, 0.717) is 4.31 Å². The summed E-state index contributed by atoms with van der Waals surface area (Å²) in [4.78, 5) is 0. The maximum atomic E-state index is 12.3. The molecular formula is C8H17F2N3O2S. The second-order valence-corrected chi connectivity index (χ2v) is 5.74. The van der Waals surface area contributed by atoms with Crippen molar-refractivity contribution in [1.29, 1.82) is 5.41 Å². The lowest BCUT2D eigenvalue weighted by atomic mass is 10.2. The van der Waals surface area contributed by atoms with Gasteiger partial charge in [-0.25, -0.2) is 8.42 Å². The minimum atomic E-state index is -4.58. The topological polar surface area (TPSA) is 87.2 Å². The van der Waals surface area contributed by atoms with Crippen molar-refractivity contribution < 1.29 is 17.2 Å². The van der Waals surface area contributed by atoms with Crippen LogP contribution in [0.15, 0.2) is 0 Å². The van der Waals surface area contributed by atoms with Crippen LogP contribution in [-0.2, 0) is 10.0 Å². The predicted octanol–water partition coefficient (Wildman–Crippen LogP) is 0.823. The van der Waals surface area contributed by atoms with Crippen LogP contribution in [0.3, 0.4) is 0 Å². The first-order chi connectivity index (χ1) is 7.17. The summed E-state index contributed by atoms with van der Waals surface area (Å²) in [6, 6.07) is 0. The lowest BCUT2D eigenvalue weighted by Crippen LogP contribution is -2.39. The summed E-state index contributed by atoms with van der Waals surface area (Å²) in [7, 11) is -4.58. The molecule has 0 radical (unpaired) electrons. The van der Waals surface area contributed by atoms with E-state index in [1.54, 1.807) is 13.8 Å². The van der Waals surface area contributed by atoms with Gasteiger partial charge in [0.15, 0.2) is 0 Å². The molecule has 5 nitrogen and oxygen atoms in total. The zero-order valence-corrected chi connectivity index (χ0v) is 10.1. The third-order valence-corrected chi connectivity index (χ3v) is 3.29. The van der Waals surface area contributed by atoms with Crippen LogP contribution in [0.1, 0.15) is 20.3 Å². The highest BCUT2D eigenvalue weighted by molar-refractivity contribution is 7.89. The van der Waals surface area contributed by atoms with E-state index in [-0.39, 0.29) is 31.3 Å². The van der Waals surface area contributed by atoms with Gasteiger partial charge >= 0.3 is 5.76 Å². The SMILES string of the molecule is CC(C)CN(CCC(=N)N)S(=O)(=O)C(F)F. The van der Waals surface area contributed by atoms with E-state index < -0.39 is 15.8 Å². The van der Waals surface area contributed by atoms with E-state index in [0.717, 1.165) is 0 Å². The molecule has 0 spiro atoms. The molecule has 0 aromatic rings. The molecule has 16 heavy (non-hydrogen) atoms. The van der Waals surface area contributed by atoms with Gasteiger partial charge in [-0.15, -0.1) is 0 Å². The molecule has 0 saturated heterocycles. The number of halogens is 2. The lowest BCUT2D eigenvalue weighted by Gasteiger charge is -2.23. The van der Waals surface area contributed by atoms with Crippen LogP contribution in [-0.4, -0.2) is 37.4 Å². The Labute approximate surface area is 94.2 Å². The maximum Gasteiger partial charge on any atom is 0.350 e. The van der Waals surface area contributed by atoms with Crippen molar-refractivity contribution >= 4 is 15.9 Å². The highest BCUT2D eigenvalue weighted by Crippen LogP contribution is 2.14. The van der Waals surface area contributed by atoms with E-state index in [2.05, 4.69) is 0 Å². The quantitative estimate of drug-likeness (QED) is 0.523. The second kappa shape index (κ2) is 6.09. The largest absolute Gasteiger partial charge is 0.388 e. The highest BCUT2D eigenvalue weighted by Gasteiger charge is 2.32. The Balaban J connectivity index is 4.73. The van der Waals surface area contributed by atoms with Crippen LogP contribution < -0.4 is 5.73 Å². The van der Waals surface area contributed by atoms with Crippen molar-refractivity contribution in [2.45, 2.75) is 26.0 Å². The Morgan fingerprint density at radius 2 is 1.94 bits per heavy atom. The molecule has 0 amide bonds. The molecule has 0 aliphatic carbocycles. The van der Waals surface area contributed by atoms with Crippen molar-refractivity contribution in [3.8, 4) is 0 Å². The van der Waals surface area contributed by atoms with Crippen LogP contribution >= 0.6 is 0 Å². The highest BCUT2D eigenvalue weighted by atomic mass is 32.2. The van der Waals surface area contributed by atoms with E-state index >= 15 is 0 Å². The van der Waals surface area contributed by atoms with Gasteiger partial charge < -0.3 is 5.73 Å². The van der Waals surface area contributed by atoms with Gasteiger partial charge in [0.05, 0.1) is 5.84 Å². The Kier molecular flexibility index (Phi) is 5.80. The first-order valence-corrected chi connectivity index (χ1v) is 6.28. The van der Waals surface area contributed by atoms with Crippen molar-refractivity contribution in [2.75, 3.05) is 13.1 Å². The van der Waals surface area contributed by atoms with Gasteiger partial charge in [0, 0.05) is 19.5 Å². The zero-order valence-electron chi connectivity index (χ0n) is 9.28. The molecule has 0 unspecified atom stereocenters. The van der Waals surface area contributed by atoms with Crippen LogP contribution in [0.5, 0.6) is 0 Å². The number of hydrogen-bond acceptors (Lipinski definition) is 3. The predicted molar refractivity (Wildman–Crippen MR) is 57.9 cm³/mol. The minimum Gasteiger partial charge on any atom is -0.388 e. The van der Waals surface area contributed by atoms with Crippen molar-refractivity contribution in [2.24, 2.45) is 11.7 Å². The third-order valence-electron chi connectivity index (χ3n) is 1.78. The molecule has 8 heteroatoms. The first-order valence-electron chi connectivity index (χ1n) is 4.78. The van der Waals surface area contributed by atoms with Gasteiger partial charge in [-0.3, -0.25) is 5.41 Å². The summed E-state index contributed by atoms with van der Waals surface area (Å²) >= 11 is 0. The zero-order chi connectivity index (χ0) is 12.9. The fourth-order valence-electron chi connectivity index (χ4n) is 1.09. The molecule has 3 N–H and O–H groups in total. The van der Waals surface area contributed by atoms with Gasteiger partial charge in [-0.1, -0.05) is 13.8 Å². The number of sulfonamides is 1. The standard InChI is InChI=1S/C8H17F2N3O2S/c1-6(2)5-13(4-3-7(11)12)16(14,15)8(9)10/h6,8H,3-5H2,1-2H3,(H3,11,12). The number of nitrogens with two attached hydrogens (primary N) is 1. The molecule has 0 aliphatic heterocycles. The summed E-state index contributed by atoms with van der Waals surface area (Å²) in [6.45, 7) is 3.27. The smallest absolute Gasteiger partial charge is 0.350 e. The van der Waals surface area contributed by atoms with E-state index in [4.69, 9.17) is 11.1 Å². The number of alkyl halides is 2. The maximum absolute atomic E-state index is 12.3. The molecule has 0 heterocycles. The number of rotatable bonds is 7. The summed E-state index contributed by atoms with van der Waals surface area (Å²) in [5.41, 5.74) is 5.07. The molecule has 96 valence electrons. The fourth-order valence-corrected chi connectivity index (χ4v) is 2.16. The fraction of sp³-hybridized carbons (Fsp3) is 0.875.